The number of rotatable bonds is 11. The summed E-state index contributed by atoms with van der Waals surface area (Å²) in [4.78, 5) is 4.70. The molecule has 0 radical (unpaired) electrons. The van der Waals surface area contributed by atoms with Crippen molar-refractivity contribution in [2.75, 3.05) is 9.80 Å². The van der Waals surface area contributed by atoms with Crippen LogP contribution in [0, 0.1) is 0 Å². The lowest BCUT2D eigenvalue weighted by Crippen LogP contribution is -2.10. The van der Waals surface area contributed by atoms with Gasteiger partial charge in [-0.2, -0.15) is 0 Å². The van der Waals surface area contributed by atoms with E-state index in [9.17, 15) is 0 Å². The van der Waals surface area contributed by atoms with Gasteiger partial charge in [-0.25, -0.2) is 0 Å². The molecule has 0 saturated carbocycles. The maximum Gasteiger partial charge on any atom is 0.143 e. The second kappa shape index (κ2) is 29.5. The molecule has 0 unspecified atom stereocenters. The molecular weight excluding hydrogens is 1480 g/mol. The van der Waals surface area contributed by atoms with Crippen LogP contribution in [0.3, 0.4) is 0 Å². The van der Waals surface area contributed by atoms with Crippen LogP contribution < -0.4 is 24.0 Å². The normalized spacial score (nSPS) is 11.8. The molecule has 568 valence electrons. The third kappa shape index (κ3) is 12.5. The van der Waals surface area contributed by atoms with Crippen LogP contribution in [0.5, 0.6) is 34.5 Å². The smallest absolute Gasteiger partial charge is 0.143 e. The zero-order valence-electron chi connectivity index (χ0n) is 65.6. The Kier molecular flexibility index (Phi) is 17.1. The number of anilines is 6. The van der Waals surface area contributed by atoms with Crippen LogP contribution in [0.4, 0.5) is 34.1 Å². The number of fused-ring (bicyclic) bond motifs is 21. The summed E-state index contributed by atoms with van der Waals surface area (Å²) < 4.78 is 28.4. The summed E-state index contributed by atoms with van der Waals surface area (Å²) >= 11 is 0. The first-order valence-corrected chi connectivity index (χ1v) is 41.1. The molecule has 0 fully saturated rings. The van der Waals surface area contributed by atoms with Crippen LogP contribution in [-0.2, 0) is 0 Å². The molecule has 7 heteroatoms. The first-order valence-electron chi connectivity index (χ1n) is 41.1. The fourth-order valence-electron chi connectivity index (χ4n) is 18.2. The number of hydrogen-bond donors (Lipinski definition) is 0. The predicted molar refractivity (Wildman–Crippen MR) is 498 cm³/mol. The van der Waals surface area contributed by atoms with Crippen molar-refractivity contribution in [3.05, 3.63) is 443 Å². The lowest BCUT2D eigenvalue weighted by atomic mass is 9.91. The third-order valence-corrected chi connectivity index (χ3v) is 23.9. The molecule has 0 amide bonds. The van der Waals surface area contributed by atoms with Gasteiger partial charge < -0.3 is 33.0 Å². The summed E-state index contributed by atoms with van der Waals surface area (Å²) in [5.74, 6) is 5.13. The Morgan fingerprint density at radius 2 is 0.496 bits per heavy atom. The number of furan rings is 1. The lowest BCUT2D eigenvalue weighted by molar-refractivity contribution is 0.487. The molecular formula is C114H73N3O4. The fourth-order valence-corrected chi connectivity index (χ4v) is 18.2. The van der Waals surface area contributed by atoms with Crippen molar-refractivity contribution in [1.29, 1.82) is 0 Å². The zero-order chi connectivity index (χ0) is 79.9. The third-order valence-electron chi connectivity index (χ3n) is 23.9. The Hall–Kier alpha value is -16.2. The first-order chi connectivity index (χ1) is 60.0. The molecule has 121 heavy (non-hydrogen) atoms. The van der Waals surface area contributed by atoms with Crippen molar-refractivity contribution in [2.24, 2.45) is 0 Å². The van der Waals surface area contributed by atoms with E-state index >= 15 is 0 Å². The van der Waals surface area contributed by atoms with E-state index in [4.69, 9.17) is 18.6 Å². The maximum atomic E-state index is 6.60. The molecule has 19 aromatic carbocycles. The van der Waals surface area contributed by atoms with Crippen molar-refractivity contribution in [3.63, 3.8) is 0 Å². The second-order valence-electron chi connectivity index (χ2n) is 30.9. The Balaban J connectivity index is 0.000000148. The van der Waals surface area contributed by atoms with Crippen molar-refractivity contribution in [2.45, 2.75) is 0 Å². The molecule has 0 aliphatic carbocycles. The molecule has 0 bridgehead atoms. The number of para-hydroxylation sites is 10. The van der Waals surface area contributed by atoms with Gasteiger partial charge in [0, 0.05) is 100 Å². The van der Waals surface area contributed by atoms with Gasteiger partial charge in [-0.1, -0.05) is 291 Å². The minimum absolute atomic E-state index is 0.841. The Morgan fingerprint density at radius 1 is 0.174 bits per heavy atom. The topological polar surface area (TPSA) is 52.2 Å². The van der Waals surface area contributed by atoms with E-state index in [0.717, 1.165) is 191 Å². The van der Waals surface area contributed by atoms with Gasteiger partial charge in [-0.3, -0.25) is 0 Å². The molecule has 0 N–H and O–H groups in total. The summed E-state index contributed by atoms with van der Waals surface area (Å²) in [7, 11) is 0. The molecule has 7 nitrogen and oxygen atoms in total. The average Bonchev–Trinajstić information content (AvgIpc) is 1.52. The highest BCUT2D eigenvalue weighted by molar-refractivity contribution is 6.12. The van der Waals surface area contributed by atoms with Crippen LogP contribution >= 0.6 is 0 Å². The number of hydrogen-bond acceptors (Lipinski definition) is 6. The molecule has 21 aromatic rings. The van der Waals surface area contributed by atoms with Gasteiger partial charge in [-0.15, -0.1) is 0 Å². The van der Waals surface area contributed by atoms with Gasteiger partial charge in [0.15, 0.2) is 0 Å². The molecule has 0 spiro atoms. The molecule has 24 rings (SSSR count). The molecule has 2 aromatic heterocycles. The maximum absolute atomic E-state index is 6.60. The van der Waals surface area contributed by atoms with Gasteiger partial charge >= 0.3 is 0 Å². The molecule has 3 aliphatic rings. The minimum Gasteiger partial charge on any atom is -0.456 e. The number of ether oxygens (including phenoxy) is 3. The van der Waals surface area contributed by atoms with E-state index in [0.29, 0.717) is 0 Å². The van der Waals surface area contributed by atoms with E-state index in [2.05, 4.69) is 403 Å². The van der Waals surface area contributed by atoms with E-state index < -0.39 is 0 Å². The van der Waals surface area contributed by atoms with Crippen molar-refractivity contribution < 1.29 is 18.6 Å². The average molecular weight is 1550 g/mol. The van der Waals surface area contributed by atoms with Crippen molar-refractivity contribution in [1.82, 2.24) is 4.57 Å². The SMILES string of the molecule is c1ccc(-c2ccc(N(c3ccc(-c4cccc5c4oc4ccccc45)cc3)c3ccc4c(c3)-c3ccccc3Oc3ccccc3-4)cc2)cc1.c1ccc(-n2c3ccccc3c3cc(-c4ccc(N(c5ccc(-c6ccc7c(c6)-c6ccccc6Oc6ccccc6-7)cc5)c5ccc6c(c5)-c5ccccc5Oc5ccccc5-6)cc4)ccc32)cc1. The van der Waals surface area contributed by atoms with Crippen LogP contribution in [0.15, 0.2) is 447 Å². The summed E-state index contributed by atoms with van der Waals surface area (Å²) in [6, 6.07) is 157. The standard InChI is InChI=1S/C66H42N2O2.C48H31NO2/c1-2-14-47(15-3-1)68-61-21-9-4-16-53(61)60-41-46(31-39-62(60)68)44-28-34-49(35-29-44)67(50-36-38-52-55-18-6-11-23-64(55)70-66-25-13-8-20-57(66)59(52)42-50)48-32-26-43(27-33-48)45-30-37-51-54-17-5-10-22-63(54)69-65-24-12-7-19-56(65)58(51)40-45;1-2-11-32(12-3-1)33-21-25-35(26-22-33)49(36-27-23-34(24-28-36)38-16-10-17-43-41-14-5-9-20-47(41)51-48(38)43)37-29-30-39-40-13-4-7-18-45(40)50-46-19-8-6-15-42(46)44(39)31-37/h1-42H;1-31H. The first kappa shape index (κ1) is 70.2. The van der Waals surface area contributed by atoms with Crippen LogP contribution in [0.1, 0.15) is 0 Å². The van der Waals surface area contributed by atoms with Crippen LogP contribution in [0.25, 0.3) is 161 Å². The molecule has 5 heterocycles. The largest absolute Gasteiger partial charge is 0.456 e. The second-order valence-corrected chi connectivity index (χ2v) is 30.9. The van der Waals surface area contributed by atoms with Crippen LogP contribution in [0.2, 0.25) is 0 Å². The monoisotopic (exact) mass is 1550 g/mol. The van der Waals surface area contributed by atoms with Gasteiger partial charge in [0.1, 0.15) is 45.7 Å². The lowest BCUT2D eigenvalue weighted by Gasteiger charge is -2.27. The van der Waals surface area contributed by atoms with Gasteiger partial charge in [0.05, 0.1) is 11.0 Å². The van der Waals surface area contributed by atoms with Crippen molar-refractivity contribution in [3.8, 4) is 151 Å². The molecule has 3 aliphatic heterocycles. The summed E-state index contributed by atoms with van der Waals surface area (Å²) in [5, 5.41) is 4.73. The fraction of sp³-hybridized carbons (Fsp3) is 0. The van der Waals surface area contributed by atoms with E-state index in [1.54, 1.807) is 0 Å². The summed E-state index contributed by atoms with van der Waals surface area (Å²) in [6.45, 7) is 0. The quantitative estimate of drug-likeness (QED) is 0.129. The number of nitrogens with zero attached hydrogens (tertiary/aromatic N) is 3. The highest BCUT2D eigenvalue weighted by Gasteiger charge is 2.28. The Labute approximate surface area is 700 Å². The van der Waals surface area contributed by atoms with Crippen LogP contribution in [-0.4, -0.2) is 4.57 Å². The predicted octanol–water partition coefficient (Wildman–Crippen LogP) is 32.3. The van der Waals surface area contributed by atoms with Gasteiger partial charge in [0.2, 0.25) is 0 Å². The molecule has 0 atom stereocenters. The summed E-state index contributed by atoms with van der Waals surface area (Å²) in [6.07, 6.45) is 0. The highest BCUT2D eigenvalue weighted by atomic mass is 16.5. The zero-order valence-corrected chi connectivity index (χ0v) is 65.6. The Bertz CT molecular complexity index is 7600. The van der Waals surface area contributed by atoms with Gasteiger partial charge in [0.25, 0.3) is 0 Å². The Morgan fingerprint density at radius 3 is 0.983 bits per heavy atom. The minimum atomic E-state index is 0.841. The highest BCUT2D eigenvalue weighted by Crippen LogP contribution is 2.54. The van der Waals surface area contributed by atoms with Gasteiger partial charge in [-0.05, 0) is 224 Å². The van der Waals surface area contributed by atoms with E-state index in [1.165, 1.54) is 38.5 Å². The number of benzene rings is 19. The van der Waals surface area contributed by atoms with Crippen molar-refractivity contribution >= 4 is 77.9 Å². The summed E-state index contributed by atoms with van der Waals surface area (Å²) in [5.41, 5.74) is 34.1. The number of aromatic nitrogens is 1. The van der Waals surface area contributed by atoms with E-state index in [-0.39, 0.29) is 0 Å². The van der Waals surface area contributed by atoms with E-state index in [1.807, 2.05) is 54.6 Å². The molecule has 0 saturated heterocycles.